The number of hydrogen-bond acceptors (Lipinski definition) is 4. The van der Waals surface area contributed by atoms with E-state index in [-0.39, 0.29) is 24.2 Å². The maximum absolute atomic E-state index is 11.4. The molecule has 0 aliphatic heterocycles. The van der Waals surface area contributed by atoms with Crippen LogP contribution in [0.15, 0.2) is 12.2 Å². The summed E-state index contributed by atoms with van der Waals surface area (Å²) in [6.07, 6.45) is 4.14. The van der Waals surface area contributed by atoms with Crippen LogP contribution in [-0.4, -0.2) is 39.6 Å². The lowest BCUT2D eigenvalue weighted by Crippen LogP contribution is -2.51. The molecule has 0 saturated heterocycles. The van der Waals surface area contributed by atoms with Crippen LogP contribution in [0.1, 0.15) is 54.9 Å². The number of amides is 1. The van der Waals surface area contributed by atoms with E-state index in [1.807, 2.05) is 48.5 Å². The van der Waals surface area contributed by atoms with Crippen LogP contribution in [0.5, 0.6) is 0 Å². The van der Waals surface area contributed by atoms with Gasteiger partial charge in [0.1, 0.15) is 0 Å². The van der Waals surface area contributed by atoms with Gasteiger partial charge in [0.15, 0.2) is 0 Å². The molecule has 0 aromatic rings. The molecule has 0 saturated carbocycles. The Morgan fingerprint density at radius 3 is 1.82 bits per heavy atom. The zero-order valence-corrected chi connectivity index (χ0v) is 16.1. The Morgan fingerprint density at radius 1 is 1.00 bits per heavy atom. The molecule has 6 heteroatoms. The maximum atomic E-state index is 11.4. The third-order valence-electron chi connectivity index (χ3n) is 2.52. The molecule has 0 rings (SSSR count). The Hall–Kier alpha value is -0.693. The Kier molecular flexibility index (Phi) is 10.6. The van der Waals surface area contributed by atoms with Crippen molar-refractivity contribution in [2.24, 2.45) is 0 Å². The van der Waals surface area contributed by atoms with Gasteiger partial charge in [-0.05, 0) is 61.0 Å². The van der Waals surface area contributed by atoms with E-state index in [4.69, 9.17) is 13.3 Å². The molecule has 1 amide bonds. The van der Waals surface area contributed by atoms with Crippen molar-refractivity contribution in [3.8, 4) is 0 Å². The number of carbonyl (C=O) groups is 1. The number of rotatable bonds is 11. The van der Waals surface area contributed by atoms with Gasteiger partial charge in [0.05, 0.1) is 0 Å². The largest absolute Gasteiger partial charge is 0.501 e. The Morgan fingerprint density at radius 2 is 1.45 bits per heavy atom. The molecule has 0 atom stereocenters. The fraction of sp³-hybridized carbons (Fsp3) is 0.812. The maximum Gasteiger partial charge on any atom is 0.501 e. The van der Waals surface area contributed by atoms with Gasteiger partial charge in [-0.15, -0.1) is 0 Å². The molecule has 130 valence electrons. The van der Waals surface area contributed by atoms with E-state index in [1.165, 1.54) is 6.08 Å². The van der Waals surface area contributed by atoms with Crippen molar-refractivity contribution in [1.29, 1.82) is 0 Å². The molecule has 0 spiro atoms. The standard InChI is InChI=1S/C16H33NO4Si/c1-8-10-16(18)17-11-9-12-22(19-13(2)3,20-14(4)5)21-15(6)7/h8,10,13-15H,9,11-12H2,1-7H3,(H,17,18). The van der Waals surface area contributed by atoms with E-state index in [0.29, 0.717) is 12.6 Å². The molecular weight excluding hydrogens is 298 g/mol. The average Bonchev–Trinajstić information content (AvgIpc) is 2.32. The number of nitrogens with one attached hydrogen (secondary N) is 1. The second kappa shape index (κ2) is 10.9. The second-order valence-electron chi connectivity index (χ2n) is 6.08. The Bertz CT molecular complexity index is 317. The van der Waals surface area contributed by atoms with Crippen LogP contribution >= 0.6 is 0 Å². The quantitative estimate of drug-likeness (QED) is 0.359. The van der Waals surface area contributed by atoms with Gasteiger partial charge in [-0.3, -0.25) is 4.79 Å². The van der Waals surface area contributed by atoms with Gasteiger partial charge in [0, 0.05) is 30.9 Å². The van der Waals surface area contributed by atoms with E-state index < -0.39 is 8.80 Å². The van der Waals surface area contributed by atoms with Crippen molar-refractivity contribution >= 4 is 14.7 Å². The summed E-state index contributed by atoms with van der Waals surface area (Å²) in [5.41, 5.74) is 0. The Labute approximate surface area is 136 Å². The van der Waals surface area contributed by atoms with Gasteiger partial charge < -0.3 is 18.6 Å². The summed E-state index contributed by atoms with van der Waals surface area (Å²) in [4.78, 5) is 11.4. The van der Waals surface area contributed by atoms with Crippen LogP contribution in [0.3, 0.4) is 0 Å². The molecule has 1 N–H and O–H groups in total. The first-order valence-electron chi connectivity index (χ1n) is 8.14. The van der Waals surface area contributed by atoms with Crippen LogP contribution in [0.2, 0.25) is 6.04 Å². The number of carbonyl (C=O) groups excluding carboxylic acids is 1. The Balaban J connectivity index is 4.70. The first kappa shape index (κ1) is 21.3. The predicted octanol–water partition coefficient (Wildman–Crippen LogP) is 3.28. The zero-order valence-electron chi connectivity index (χ0n) is 15.1. The molecule has 0 bridgehead atoms. The average molecular weight is 332 g/mol. The molecule has 0 unspecified atom stereocenters. The van der Waals surface area contributed by atoms with Gasteiger partial charge in [0.2, 0.25) is 5.91 Å². The lowest BCUT2D eigenvalue weighted by Gasteiger charge is -2.34. The number of hydrogen-bond donors (Lipinski definition) is 1. The SMILES string of the molecule is CC=CC(=O)NCCC[Si](OC(C)C)(OC(C)C)OC(C)C. The third-order valence-corrected chi connectivity index (χ3v) is 5.98. The summed E-state index contributed by atoms with van der Waals surface area (Å²) < 4.78 is 18.2. The summed E-state index contributed by atoms with van der Waals surface area (Å²) in [7, 11) is -2.74. The number of allylic oxidation sites excluding steroid dienone is 1. The van der Waals surface area contributed by atoms with E-state index in [9.17, 15) is 4.79 Å². The monoisotopic (exact) mass is 331 g/mol. The molecule has 0 aliphatic carbocycles. The van der Waals surface area contributed by atoms with Crippen LogP contribution in [0, 0.1) is 0 Å². The fourth-order valence-corrected chi connectivity index (χ4v) is 5.35. The van der Waals surface area contributed by atoms with Crippen molar-refractivity contribution in [3.05, 3.63) is 12.2 Å². The smallest absolute Gasteiger partial charge is 0.371 e. The highest BCUT2D eigenvalue weighted by atomic mass is 28.4. The van der Waals surface area contributed by atoms with Crippen molar-refractivity contribution in [1.82, 2.24) is 5.32 Å². The molecule has 0 radical (unpaired) electrons. The molecular formula is C16H33NO4Si. The van der Waals surface area contributed by atoms with Crippen LogP contribution < -0.4 is 5.32 Å². The minimum atomic E-state index is -2.74. The van der Waals surface area contributed by atoms with Crippen LogP contribution in [0.25, 0.3) is 0 Å². The van der Waals surface area contributed by atoms with Gasteiger partial charge in [-0.2, -0.15) is 0 Å². The molecule has 0 fully saturated rings. The van der Waals surface area contributed by atoms with E-state index >= 15 is 0 Å². The molecule has 0 aromatic carbocycles. The lowest BCUT2D eigenvalue weighted by molar-refractivity contribution is -0.116. The van der Waals surface area contributed by atoms with Crippen molar-refractivity contribution in [2.45, 2.75) is 79.2 Å². The first-order chi connectivity index (χ1) is 10.2. The van der Waals surface area contributed by atoms with Gasteiger partial charge in [0.25, 0.3) is 0 Å². The molecule has 0 aliphatic rings. The summed E-state index contributed by atoms with van der Waals surface area (Å²) in [5.74, 6) is -0.0749. The van der Waals surface area contributed by atoms with E-state index in [1.54, 1.807) is 6.08 Å². The summed E-state index contributed by atoms with van der Waals surface area (Å²) >= 11 is 0. The molecule has 5 nitrogen and oxygen atoms in total. The summed E-state index contributed by atoms with van der Waals surface area (Å²) in [6, 6.07) is 0.692. The van der Waals surface area contributed by atoms with E-state index in [0.717, 1.165) is 6.42 Å². The minimum absolute atomic E-state index is 0.0433. The lowest BCUT2D eigenvalue weighted by atomic mass is 10.4. The van der Waals surface area contributed by atoms with Crippen LogP contribution in [0.4, 0.5) is 0 Å². The van der Waals surface area contributed by atoms with E-state index in [2.05, 4.69) is 5.32 Å². The highest BCUT2D eigenvalue weighted by Crippen LogP contribution is 2.23. The normalized spacial score (nSPS) is 12.8. The van der Waals surface area contributed by atoms with Gasteiger partial charge >= 0.3 is 8.80 Å². The summed E-state index contributed by atoms with van der Waals surface area (Å²) in [6.45, 7) is 14.3. The van der Waals surface area contributed by atoms with Crippen molar-refractivity contribution in [2.75, 3.05) is 6.54 Å². The summed E-state index contributed by atoms with van der Waals surface area (Å²) in [5, 5.41) is 2.85. The van der Waals surface area contributed by atoms with Crippen LogP contribution in [-0.2, 0) is 18.1 Å². The van der Waals surface area contributed by atoms with Gasteiger partial charge in [-0.1, -0.05) is 6.08 Å². The molecule has 22 heavy (non-hydrogen) atoms. The van der Waals surface area contributed by atoms with Crippen molar-refractivity contribution in [3.63, 3.8) is 0 Å². The highest BCUT2D eigenvalue weighted by molar-refractivity contribution is 6.60. The predicted molar refractivity (Wildman–Crippen MR) is 91.7 cm³/mol. The third kappa shape index (κ3) is 10.1. The van der Waals surface area contributed by atoms with Crippen molar-refractivity contribution < 1.29 is 18.1 Å². The van der Waals surface area contributed by atoms with Gasteiger partial charge in [-0.25, -0.2) is 0 Å². The first-order valence-corrected chi connectivity index (χ1v) is 10.1. The fourth-order valence-electron chi connectivity index (χ4n) is 2.06. The highest BCUT2D eigenvalue weighted by Gasteiger charge is 2.43. The molecule has 0 aromatic heterocycles. The topological polar surface area (TPSA) is 56.8 Å². The zero-order chi connectivity index (χ0) is 17.2. The second-order valence-corrected chi connectivity index (χ2v) is 8.65. The molecule has 0 heterocycles. The minimum Gasteiger partial charge on any atom is -0.371 e.